The molecule has 2 rings (SSSR count). The van der Waals surface area contributed by atoms with Crippen molar-refractivity contribution in [3.8, 4) is 22.1 Å². The van der Waals surface area contributed by atoms with Crippen LogP contribution in [0.4, 0.5) is 0 Å². The predicted molar refractivity (Wildman–Crippen MR) is 65.4 cm³/mol. The van der Waals surface area contributed by atoms with Crippen molar-refractivity contribution in [1.29, 1.82) is 0 Å². The maximum Gasteiger partial charge on any atom is 0.161 e. The zero-order chi connectivity index (χ0) is 11.5. The highest BCUT2D eigenvalue weighted by molar-refractivity contribution is 7.13. The van der Waals surface area contributed by atoms with Crippen LogP contribution in [0.1, 0.15) is 5.69 Å². The Balaban J connectivity index is 2.43. The summed E-state index contributed by atoms with van der Waals surface area (Å²) in [6.45, 7) is 1.99. The van der Waals surface area contributed by atoms with Crippen LogP contribution in [0.15, 0.2) is 23.6 Å². The van der Waals surface area contributed by atoms with Gasteiger partial charge in [0.1, 0.15) is 5.01 Å². The number of aryl methyl sites for hydroxylation is 1. The maximum absolute atomic E-state index is 5.26. The smallest absolute Gasteiger partial charge is 0.161 e. The first-order valence-electron chi connectivity index (χ1n) is 4.89. The number of rotatable bonds is 3. The topological polar surface area (TPSA) is 31.4 Å². The maximum atomic E-state index is 5.26. The molecule has 84 valence electrons. The molecule has 0 aliphatic carbocycles. The minimum Gasteiger partial charge on any atom is -0.493 e. The molecule has 0 atom stereocenters. The van der Waals surface area contributed by atoms with Gasteiger partial charge < -0.3 is 9.47 Å². The van der Waals surface area contributed by atoms with Gasteiger partial charge in [0, 0.05) is 16.6 Å². The Kier molecular flexibility index (Phi) is 3.10. The predicted octanol–water partition coefficient (Wildman–Crippen LogP) is 3.14. The molecule has 0 bridgehead atoms. The lowest BCUT2D eigenvalue weighted by molar-refractivity contribution is 0.355. The summed E-state index contributed by atoms with van der Waals surface area (Å²) in [7, 11) is 3.26. The standard InChI is InChI=1S/C12H13NO2S/c1-8-7-16-12(13-8)9-4-5-10(14-2)11(6-9)15-3/h4-7H,1-3H3. The Morgan fingerprint density at radius 1 is 1.12 bits per heavy atom. The van der Waals surface area contributed by atoms with Crippen LogP contribution in [0.25, 0.3) is 10.6 Å². The van der Waals surface area contributed by atoms with Crippen molar-refractivity contribution in [1.82, 2.24) is 4.98 Å². The van der Waals surface area contributed by atoms with Crippen LogP contribution in [-0.2, 0) is 0 Å². The minimum absolute atomic E-state index is 0.729. The van der Waals surface area contributed by atoms with Crippen LogP contribution < -0.4 is 9.47 Å². The van der Waals surface area contributed by atoms with E-state index in [4.69, 9.17) is 9.47 Å². The summed E-state index contributed by atoms with van der Waals surface area (Å²) in [5, 5.41) is 3.03. The molecular formula is C12H13NO2S. The Morgan fingerprint density at radius 3 is 2.44 bits per heavy atom. The van der Waals surface area contributed by atoms with E-state index in [0.717, 1.165) is 27.8 Å². The van der Waals surface area contributed by atoms with E-state index in [1.54, 1.807) is 25.6 Å². The molecule has 0 N–H and O–H groups in total. The van der Waals surface area contributed by atoms with Crippen molar-refractivity contribution >= 4 is 11.3 Å². The van der Waals surface area contributed by atoms with Crippen LogP contribution in [0.3, 0.4) is 0 Å². The molecule has 1 heterocycles. The van der Waals surface area contributed by atoms with Gasteiger partial charge in [-0.3, -0.25) is 0 Å². The van der Waals surface area contributed by atoms with E-state index in [-0.39, 0.29) is 0 Å². The van der Waals surface area contributed by atoms with Crippen molar-refractivity contribution < 1.29 is 9.47 Å². The minimum atomic E-state index is 0.729. The van der Waals surface area contributed by atoms with E-state index in [1.165, 1.54) is 0 Å². The molecule has 0 aliphatic rings. The number of nitrogens with zero attached hydrogens (tertiary/aromatic N) is 1. The van der Waals surface area contributed by atoms with Gasteiger partial charge in [-0.2, -0.15) is 0 Å². The molecule has 0 saturated heterocycles. The van der Waals surface area contributed by atoms with Crippen molar-refractivity contribution in [2.45, 2.75) is 6.92 Å². The van der Waals surface area contributed by atoms with E-state index in [2.05, 4.69) is 4.98 Å². The molecule has 1 aromatic carbocycles. The Hall–Kier alpha value is -1.55. The van der Waals surface area contributed by atoms with Gasteiger partial charge in [-0.05, 0) is 25.1 Å². The monoisotopic (exact) mass is 235 g/mol. The molecule has 16 heavy (non-hydrogen) atoms. The first kappa shape index (κ1) is 11.0. The zero-order valence-electron chi connectivity index (χ0n) is 9.48. The normalized spacial score (nSPS) is 10.2. The molecule has 0 aliphatic heterocycles. The lowest BCUT2D eigenvalue weighted by Crippen LogP contribution is -1.90. The lowest BCUT2D eigenvalue weighted by atomic mass is 10.2. The molecule has 0 amide bonds. The van der Waals surface area contributed by atoms with Crippen molar-refractivity contribution in [3.63, 3.8) is 0 Å². The quantitative estimate of drug-likeness (QED) is 0.819. The largest absolute Gasteiger partial charge is 0.493 e. The first-order valence-corrected chi connectivity index (χ1v) is 5.77. The number of benzene rings is 1. The SMILES string of the molecule is COc1ccc(-c2nc(C)cs2)cc1OC. The van der Waals surface area contributed by atoms with Crippen molar-refractivity contribution in [2.24, 2.45) is 0 Å². The molecule has 0 unspecified atom stereocenters. The van der Waals surface area contributed by atoms with Gasteiger partial charge in [0.05, 0.1) is 14.2 Å². The van der Waals surface area contributed by atoms with Crippen LogP contribution >= 0.6 is 11.3 Å². The second-order valence-corrected chi connectivity index (χ2v) is 4.22. The fourth-order valence-electron chi connectivity index (χ4n) is 1.46. The summed E-state index contributed by atoms with van der Waals surface area (Å²) >= 11 is 1.63. The van der Waals surface area contributed by atoms with Gasteiger partial charge in [0.25, 0.3) is 0 Å². The zero-order valence-corrected chi connectivity index (χ0v) is 10.3. The number of hydrogen-bond acceptors (Lipinski definition) is 4. The molecule has 3 nitrogen and oxygen atoms in total. The third-order valence-corrected chi connectivity index (χ3v) is 3.26. The van der Waals surface area contributed by atoms with E-state index < -0.39 is 0 Å². The van der Waals surface area contributed by atoms with Crippen LogP contribution in [0.5, 0.6) is 11.5 Å². The van der Waals surface area contributed by atoms with E-state index in [9.17, 15) is 0 Å². The molecular weight excluding hydrogens is 222 g/mol. The van der Waals surface area contributed by atoms with Crippen LogP contribution in [0.2, 0.25) is 0 Å². The second-order valence-electron chi connectivity index (χ2n) is 3.36. The number of ether oxygens (including phenoxy) is 2. The highest BCUT2D eigenvalue weighted by atomic mass is 32.1. The molecule has 4 heteroatoms. The summed E-state index contributed by atoms with van der Waals surface area (Å²) in [6, 6.07) is 5.82. The average molecular weight is 235 g/mol. The first-order chi connectivity index (χ1) is 7.74. The van der Waals surface area contributed by atoms with Crippen LogP contribution in [-0.4, -0.2) is 19.2 Å². The fourth-order valence-corrected chi connectivity index (χ4v) is 2.25. The van der Waals surface area contributed by atoms with Crippen molar-refractivity contribution in [3.05, 3.63) is 29.3 Å². The fraction of sp³-hybridized carbons (Fsp3) is 0.250. The second kappa shape index (κ2) is 4.53. The number of thiazole rings is 1. The molecule has 0 radical (unpaired) electrons. The van der Waals surface area contributed by atoms with E-state index >= 15 is 0 Å². The Bertz CT molecular complexity index is 494. The van der Waals surface area contributed by atoms with E-state index in [0.29, 0.717) is 0 Å². The highest BCUT2D eigenvalue weighted by Crippen LogP contribution is 2.33. The average Bonchev–Trinajstić information content (AvgIpc) is 2.75. The van der Waals surface area contributed by atoms with Crippen LogP contribution in [0, 0.1) is 6.92 Å². The third kappa shape index (κ3) is 2.02. The van der Waals surface area contributed by atoms with Gasteiger partial charge >= 0.3 is 0 Å². The summed E-state index contributed by atoms with van der Waals surface area (Å²) in [6.07, 6.45) is 0. The van der Waals surface area contributed by atoms with Gasteiger partial charge in [0.15, 0.2) is 11.5 Å². The van der Waals surface area contributed by atoms with Gasteiger partial charge in [0.2, 0.25) is 0 Å². The lowest BCUT2D eigenvalue weighted by Gasteiger charge is -2.08. The van der Waals surface area contributed by atoms with E-state index in [1.807, 2.05) is 30.5 Å². The molecule has 0 saturated carbocycles. The third-order valence-electron chi connectivity index (χ3n) is 2.25. The summed E-state index contributed by atoms with van der Waals surface area (Å²) in [4.78, 5) is 4.43. The number of hydrogen-bond donors (Lipinski definition) is 0. The molecule has 2 aromatic rings. The Labute approximate surface area is 98.7 Å². The molecule has 0 spiro atoms. The van der Waals surface area contributed by atoms with Gasteiger partial charge in [-0.25, -0.2) is 4.98 Å². The molecule has 1 aromatic heterocycles. The summed E-state index contributed by atoms with van der Waals surface area (Å²) < 4.78 is 10.4. The van der Waals surface area contributed by atoms with Gasteiger partial charge in [-0.1, -0.05) is 0 Å². The number of methoxy groups -OCH3 is 2. The summed E-state index contributed by atoms with van der Waals surface area (Å²) in [5.41, 5.74) is 2.09. The number of aromatic nitrogens is 1. The van der Waals surface area contributed by atoms with Crippen molar-refractivity contribution in [2.75, 3.05) is 14.2 Å². The summed E-state index contributed by atoms with van der Waals surface area (Å²) in [5.74, 6) is 1.47. The highest BCUT2D eigenvalue weighted by Gasteiger charge is 2.08. The molecule has 0 fully saturated rings. The van der Waals surface area contributed by atoms with Gasteiger partial charge in [-0.15, -0.1) is 11.3 Å². The Morgan fingerprint density at radius 2 is 1.88 bits per heavy atom.